The fourth-order valence-electron chi connectivity index (χ4n) is 4.61. The van der Waals surface area contributed by atoms with Crippen LogP contribution < -0.4 is 20.7 Å². The molecular formula is C31H26N4O4S. The first kappa shape index (κ1) is 26.7. The molecule has 1 unspecified atom stereocenters. The Bertz CT molecular complexity index is 1680. The first-order chi connectivity index (χ1) is 19.5. The van der Waals surface area contributed by atoms with Gasteiger partial charge < -0.3 is 25.1 Å². The van der Waals surface area contributed by atoms with Gasteiger partial charge in [0, 0.05) is 11.4 Å². The zero-order chi connectivity index (χ0) is 28.1. The molecular weight excluding hydrogens is 524 g/mol. The molecule has 1 aliphatic rings. The highest BCUT2D eigenvalue weighted by Gasteiger charge is 2.36. The number of thioether (sulfide) groups is 1. The van der Waals surface area contributed by atoms with Gasteiger partial charge in [-0.1, -0.05) is 54.2 Å². The lowest BCUT2D eigenvalue weighted by Gasteiger charge is -2.28. The average molecular weight is 551 g/mol. The molecule has 0 spiro atoms. The molecule has 2 heterocycles. The Morgan fingerprint density at radius 1 is 1.02 bits per heavy atom. The summed E-state index contributed by atoms with van der Waals surface area (Å²) in [6.45, 7) is 1.76. The van der Waals surface area contributed by atoms with Crippen LogP contribution in [0.3, 0.4) is 0 Å². The Morgan fingerprint density at radius 3 is 2.55 bits per heavy atom. The first-order valence-electron chi connectivity index (χ1n) is 12.5. The molecule has 40 heavy (non-hydrogen) atoms. The van der Waals surface area contributed by atoms with Crippen LogP contribution in [0.1, 0.15) is 18.6 Å². The number of furan rings is 1. The molecule has 1 aromatic heterocycles. The number of anilines is 2. The molecule has 3 N–H and O–H groups in total. The lowest BCUT2D eigenvalue weighted by atomic mass is 9.85. The average Bonchev–Trinajstić information content (AvgIpc) is 3.50. The van der Waals surface area contributed by atoms with Crippen LogP contribution in [0.5, 0.6) is 5.75 Å². The summed E-state index contributed by atoms with van der Waals surface area (Å²) in [5.74, 6) is -0.369. The van der Waals surface area contributed by atoms with Crippen molar-refractivity contribution in [3.05, 3.63) is 113 Å². The number of carbonyl (C=O) groups excluding carboxylic acids is 2. The van der Waals surface area contributed by atoms with E-state index >= 15 is 0 Å². The third-order valence-corrected chi connectivity index (χ3v) is 7.47. The predicted octanol–water partition coefficient (Wildman–Crippen LogP) is 6.15. The number of carbonyl (C=O) groups is 2. The molecule has 1 aliphatic heterocycles. The van der Waals surface area contributed by atoms with E-state index in [0.717, 1.165) is 10.8 Å². The zero-order valence-corrected chi connectivity index (χ0v) is 22.7. The second-order valence-corrected chi connectivity index (χ2v) is 10.0. The third-order valence-electron chi connectivity index (χ3n) is 6.46. The smallest absolute Gasteiger partial charge is 0.254 e. The van der Waals surface area contributed by atoms with Crippen molar-refractivity contribution in [2.75, 3.05) is 23.5 Å². The number of rotatable bonds is 8. The van der Waals surface area contributed by atoms with E-state index in [1.165, 1.54) is 25.1 Å². The molecule has 0 radical (unpaired) electrons. The molecule has 0 fully saturated rings. The maximum absolute atomic E-state index is 13.6. The van der Waals surface area contributed by atoms with Crippen molar-refractivity contribution in [2.24, 2.45) is 0 Å². The molecule has 2 amide bonds. The van der Waals surface area contributed by atoms with Crippen LogP contribution in [-0.4, -0.2) is 24.7 Å². The van der Waals surface area contributed by atoms with E-state index in [-0.39, 0.29) is 17.2 Å². The van der Waals surface area contributed by atoms with Crippen LogP contribution in [0.25, 0.3) is 10.8 Å². The molecule has 3 aromatic carbocycles. The van der Waals surface area contributed by atoms with Crippen molar-refractivity contribution >= 4 is 45.7 Å². The Hall–Kier alpha value is -4.94. The number of hydrogen-bond acceptors (Lipinski definition) is 7. The van der Waals surface area contributed by atoms with Crippen LogP contribution >= 0.6 is 11.8 Å². The van der Waals surface area contributed by atoms with Gasteiger partial charge in [-0.25, -0.2) is 0 Å². The normalized spacial score (nSPS) is 14.9. The number of hydrogen-bond donors (Lipinski definition) is 3. The molecule has 1 atom stereocenters. The van der Waals surface area contributed by atoms with Crippen LogP contribution in [-0.2, 0) is 9.59 Å². The predicted molar refractivity (Wildman–Crippen MR) is 157 cm³/mol. The van der Waals surface area contributed by atoms with Crippen molar-refractivity contribution in [2.45, 2.75) is 12.8 Å². The lowest BCUT2D eigenvalue weighted by molar-refractivity contribution is -0.114. The molecule has 200 valence electrons. The largest absolute Gasteiger partial charge is 0.495 e. The summed E-state index contributed by atoms with van der Waals surface area (Å²) in [7, 11) is 1.53. The third kappa shape index (κ3) is 5.58. The number of amides is 2. The number of para-hydroxylation sites is 2. The van der Waals surface area contributed by atoms with Gasteiger partial charge in [0.05, 0.1) is 53.0 Å². The summed E-state index contributed by atoms with van der Waals surface area (Å²) in [6.07, 6.45) is 1.50. The van der Waals surface area contributed by atoms with Gasteiger partial charge in [-0.2, -0.15) is 5.26 Å². The maximum atomic E-state index is 13.6. The zero-order valence-electron chi connectivity index (χ0n) is 21.9. The van der Waals surface area contributed by atoms with E-state index in [0.29, 0.717) is 39.2 Å². The maximum Gasteiger partial charge on any atom is 0.254 e. The number of fused-ring (bicyclic) bond motifs is 1. The van der Waals surface area contributed by atoms with Crippen LogP contribution in [0, 0.1) is 11.3 Å². The van der Waals surface area contributed by atoms with E-state index in [4.69, 9.17) is 9.15 Å². The molecule has 5 rings (SSSR count). The standard InChI is InChI=1S/C31H26N4O4S/c1-19-28(30(37)35-24-10-5-6-11-25(24)38-2)29(26-12-7-15-39-26)23(17-32)31(33-19)40-18-27(36)34-22-14-13-20-8-3-4-9-21(20)16-22/h3-16,29,33H,18H2,1-2H3,(H,34,36)(H,35,37). The minimum Gasteiger partial charge on any atom is -0.495 e. The van der Waals surface area contributed by atoms with Gasteiger partial charge in [0.1, 0.15) is 11.5 Å². The SMILES string of the molecule is COc1ccccc1NC(=O)C1=C(C)NC(SCC(=O)Nc2ccc3ccccc3c2)=C(C#N)C1c1ccco1. The highest BCUT2D eigenvalue weighted by molar-refractivity contribution is 8.03. The number of methoxy groups -OCH3 is 1. The van der Waals surface area contributed by atoms with Crippen molar-refractivity contribution in [3.63, 3.8) is 0 Å². The van der Waals surface area contributed by atoms with Crippen molar-refractivity contribution in [3.8, 4) is 11.8 Å². The summed E-state index contributed by atoms with van der Waals surface area (Å²) in [5, 5.41) is 21.8. The van der Waals surface area contributed by atoms with Gasteiger partial charge in [-0.3, -0.25) is 9.59 Å². The van der Waals surface area contributed by atoms with Gasteiger partial charge in [0.25, 0.3) is 5.91 Å². The number of benzene rings is 3. The first-order valence-corrected chi connectivity index (χ1v) is 13.5. The number of allylic oxidation sites excluding steroid dienone is 2. The molecule has 4 aromatic rings. The Kier molecular flexibility index (Phi) is 7.89. The van der Waals surface area contributed by atoms with E-state index in [1.54, 1.807) is 37.3 Å². The van der Waals surface area contributed by atoms with Gasteiger partial charge in [-0.15, -0.1) is 0 Å². The minimum absolute atomic E-state index is 0.0568. The number of nitrogens with zero attached hydrogens (tertiary/aromatic N) is 1. The van der Waals surface area contributed by atoms with E-state index in [2.05, 4.69) is 22.0 Å². The Balaban J connectivity index is 1.37. The molecule has 9 heteroatoms. The van der Waals surface area contributed by atoms with Gasteiger partial charge >= 0.3 is 0 Å². The summed E-state index contributed by atoms with van der Waals surface area (Å²) in [5.41, 5.74) is 2.36. The van der Waals surface area contributed by atoms with Crippen molar-refractivity contribution < 1.29 is 18.7 Å². The summed E-state index contributed by atoms with van der Waals surface area (Å²) >= 11 is 1.20. The topological polar surface area (TPSA) is 116 Å². The Morgan fingerprint density at radius 2 is 1.80 bits per heavy atom. The van der Waals surface area contributed by atoms with Crippen LogP contribution in [0.15, 0.2) is 111 Å². The van der Waals surface area contributed by atoms with E-state index in [9.17, 15) is 14.9 Å². The Labute approximate surface area is 235 Å². The minimum atomic E-state index is -0.762. The number of ether oxygens (including phenoxy) is 1. The molecule has 8 nitrogen and oxygen atoms in total. The van der Waals surface area contributed by atoms with Gasteiger partial charge in [0.15, 0.2) is 0 Å². The van der Waals surface area contributed by atoms with Gasteiger partial charge in [-0.05, 0) is 54.1 Å². The second-order valence-electron chi connectivity index (χ2n) is 9.02. The summed E-state index contributed by atoms with van der Waals surface area (Å²) in [4.78, 5) is 26.4. The molecule has 0 saturated heterocycles. The van der Waals surface area contributed by atoms with Crippen LogP contribution in [0.4, 0.5) is 11.4 Å². The number of nitriles is 1. The monoisotopic (exact) mass is 550 g/mol. The quantitative estimate of drug-likeness (QED) is 0.241. The summed E-state index contributed by atoms with van der Waals surface area (Å²) < 4.78 is 11.0. The number of dihydropyridines is 1. The molecule has 0 bridgehead atoms. The second kappa shape index (κ2) is 11.8. The number of nitrogens with one attached hydrogen (secondary N) is 3. The van der Waals surface area contributed by atoms with Crippen molar-refractivity contribution in [1.82, 2.24) is 5.32 Å². The van der Waals surface area contributed by atoms with Crippen LogP contribution in [0.2, 0.25) is 0 Å². The fraction of sp³-hybridized carbons (Fsp3) is 0.129. The fourth-order valence-corrected chi connectivity index (χ4v) is 5.50. The van der Waals surface area contributed by atoms with E-state index in [1.807, 2.05) is 48.5 Å². The molecule has 0 aliphatic carbocycles. The summed E-state index contributed by atoms with van der Waals surface area (Å²) in [6, 6.07) is 26.4. The highest BCUT2D eigenvalue weighted by atomic mass is 32.2. The molecule has 0 saturated carbocycles. The van der Waals surface area contributed by atoms with Crippen molar-refractivity contribution in [1.29, 1.82) is 5.26 Å². The van der Waals surface area contributed by atoms with Gasteiger partial charge in [0.2, 0.25) is 5.91 Å². The highest BCUT2D eigenvalue weighted by Crippen LogP contribution is 2.41. The lowest BCUT2D eigenvalue weighted by Crippen LogP contribution is -2.31. The van der Waals surface area contributed by atoms with E-state index < -0.39 is 11.8 Å².